The molecule has 2 aliphatic rings. The molecule has 1 fully saturated rings. The number of fused-ring (bicyclic) bond motifs is 1. The number of methoxy groups -OCH3 is 1. The number of carbonyl (C=O) groups is 1. The zero-order valence-electron chi connectivity index (χ0n) is 17.1. The fourth-order valence-electron chi connectivity index (χ4n) is 3.89. The molecule has 5 N–H and O–H groups in total. The van der Waals surface area contributed by atoms with E-state index in [0.29, 0.717) is 23.3 Å². The van der Waals surface area contributed by atoms with Crippen LogP contribution in [0, 0.1) is 0 Å². The number of rotatable bonds is 5. The van der Waals surface area contributed by atoms with E-state index in [9.17, 15) is 30.3 Å². The third-order valence-electron chi connectivity index (χ3n) is 5.64. The van der Waals surface area contributed by atoms with Crippen molar-refractivity contribution >= 4 is 5.97 Å². The number of cyclic esters (lactones) is 1. The molecule has 0 spiro atoms. The van der Waals surface area contributed by atoms with Crippen LogP contribution in [0.3, 0.4) is 0 Å². The number of esters is 1. The SMILES string of the molecule is COc1ccc([C@H]2Cc3cccc(O[C@@H]4O[C@H](CO)[C@@H](O)[C@H](O)[C@H]4O)c3C(=O)O2)cc1O. The van der Waals surface area contributed by atoms with E-state index in [0.717, 1.165) is 0 Å². The van der Waals surface area contributed by atoms with Crippen LogP contribution < -0.4 is 9.47 Å². The fourth-order valence-corrected chi connectivity index (χ4v) is 3.89. The minimum atomic E-state index is -1.61. The van der Waals surface area contributed by atoms with E-state index in [1.807, 2.05) is 0 Å². The number of phenols is 1. The Morgan fingerprint density at radius 3 is 2.53 bits per heavy atom. The zero-order chi connectivity index (χ0) is 23.0. The number of carbonyl (C=O) groups excluding carboxylic acids is 1. The summed E-state index contributed by atoms with van der Waals surface area (Å²) in [5, 5.41) is 49.5. The van der Waals surface area contributed by atoms with E-state index >= 15 is 0 Å². The van der Waals surface area contributed by atoms with E-state index in [4.69, 9.17) is 18.9 Å². The molecular formula is C22H24O10. The highest BCUT2D eigenvalue weighted by Gasteiger charge is 2.45. The molecule has 1 saturated heterocycles. The number of aromatic hydroxyl groups is 1. The molecule has 0 unspecified atom stereocenters. The van der Waals surface area contributed by atoms with Crippen molar-refractivity contribution in [2.45, 2.75) is 43.2 Å². The molecule has 2 aliphatic heterocycles. The maximum absolute atomic E-state index is 12.8. The predicted molar refractivity (Wildman–Crippen MR) is 107 cm³/mol. The highest BCUT2D eigenvalue weighted by atomic mass is 16.7. The molecule has 0 saturated carbocycles. The summed E-state index contributed by atoms with van der Waals surface area (Å²) in [5.74, 6) is -0.391. The van der Waals surface area contributed by atoms with Crippen molar-refractivity contribution in [3.63, 3.8) is 0 Å². The van der Waals surface area contributed by atoms with Crippen molar-refractivity contribution in [1.29, 1.82) is 0 Å². The van der Waals surface area contributed by atoms with E-state index in [1.54, 1.807) is 24.3 Å². The molecule has 10 heteroatoms. The molecule has 172 valence electrons. The van der Waals surface area contributed by atoms with E-state index in [2.05, 4.69) is 0 Å². The Kier molecular flexibility index (Phi) is 6.22. The van der Waals surface area contributed by atoms with Crippen molar-refractivity contribution < 1.29 is 49.3 Å². The molecule has 2 heterocycles. The normalized spacial score (nSPS) is 29.7. The number of hydrogen-bond acceptors (Lipinski definition) is 10. The second-order valence-corrected chi connectivity index (χ2v) is 7.63. The van der Waals surface area contributed by atoms with Gasteiger partial charge in [-0.15, -0.1) is 0 Å². The van der Waals surface area contributed by atoms with Gasteiger partial charge in [0, 0.05) is 6.42 Å². The largest absolute Gasteiger partial charge is 0.504 e. The first kappa shape index (κ1) is 22.3. The number of phenolic OH excluding ortho intramolecular Hbond substituents is 1. The number of aliphatic hydroxyl groups excluding tert-OH is 4. The average molecular weight is 448 g/mol. The first-order chi connectivity index (χ1) is 15.3. The number of ether oxygens (including phenoxy) is 4. The van der Waals surface area contributed by atoms with Crippen LogP contribution in [0.4, 0.5) is 0 Å². The van der Waals surface area contributed by atoms with Crippen LogP contribution in [0.15, 0.2) is 36.4 Å². The van der Waals surface area contributed by atoms with Gasteiger partial charge in [0.1, 0.15) is 41.8 Å². The van der Waals surface area contributed by atoms with Crippen LogP contribution in [0.2, 0.25) is 0 Å². The van der Waals surface area contributed by atoms with E-state index < -0.39 is 49.4 Å². The number of aliphatic hydroxyl groups is 4. The van der Waals surface area contributed by atoms with Crippen molar-refractivity contribution in [2.24, 2.45) is 0 Å². The lowest BCUT2D eigenvalue weighted by Gasteiger charge is -2.40. The first-order valence-electron chi connectivity index (χ1n) is 10.0. The van der Waals surface area contributed by atoms with Crippen molar-refractivity contribution in [1.82, 2.24) is 0 Å². The average Bonchev–Trinajstić information content (AvgIpc) is 2.79. The molecule has 2 aromatic carbocycles. The maximum atomic E-state index is 12.8. The topological polar surface area (TPSA) is 155 Å². The molecule has 6 atom stereocenters. The lowest BCUT2D eigenvalue weighted by atomic mass is 9.93. The Morgan fingerprint density at radius 2 is 1.84 bits per heavy atom. The lowest BCUT2D eigenvalue weighted by Crippen LogP contribution is -2.60. The van der Waals surface area contributed by atoms with E-state index in [1.165, 1.54) is 19.2 Å². The Hall–Kier alpha value is -2.89. The quantitative estimate of drug-likeness (QED) is 0.396. The van der Waals surface area contributed by atoms with Crippen LogP contribution in [0.5, 0.6) is 17.2 Å². The fraction of sp³-hybridized carbons (Fsp3) is 0.409. The Labute approximate surface area is 183 Å². The van der Waals surface area contributed by atoms with Crippen LogP contribution in [0.1, 0.15) is 27.6 Å². The Balaban J connectivity index is 1.58. The molecule has 0 bridgehead atoms. The minimum Gasteiger partial charge on any atom is -0.504 e. The van der Waals surface area contributed by atoms with Gasteiger partial charge in [-0.25, -0.2) is 4.79 Å². The highest BCUT2D eigenvalue weighted by Crippen LogP contribution is 2.38. The van der Waals surface area contributed by atoms with Gasteiger partial charge in [0.15, 0.2) is 11.5 Å². The molecule has 10 nitrogen and oxygen atoms in total. The summed E-state index contributed by atoms with van der Waals surface area (Å²) in [5.41, 5.74) is 1.34. The summed E-state index contributed by atoms with van der Waals surface area (Å²) in [6.07, 6.45) is -7.65. The summed E-state index contributed by atoms with van der Waals surface area (Å²) >= 11 is 0. The predicted octanol–water partition coefficient (Wildman–Crippen LogP) is 0.0337. The van der Waals surface area contributed by atoms with Gasteiger partial charge in [0.2, 0.25) is 6.29 Å². The van der Waals surface area contributed by atoms with Gasteiger partial charge < -0.3 is 44.5 Å². The summed E-state index contributed by atoms with van der Waals surface area (Å²) in [7, 11) is 1.43. The third kappa shape index (κ3) is 3.98. The van der Waals surface area contributed by atoms with Gasteiger partial charge in [0.05, 0.1) is 13.7 Å². The summed E-state index contributed by atoms with van der Waals surface area (Å²) in [4.78, 5) is 12.8. The van der Waals surface area contributed by atoms with Crippen LogP contribution in [0.25, 0.3) is 0 Å². The van der Waals surface area contributed by atoms with Gasteiger partial charge in [-0.2, -0.15) is 0 Å². The van der Waals surface area contributed by atoms with E-state index in [-0.39, 0.29) is 17.1 Å². The summed E-state index contributed by atoms with van der Waals surface area (Å²) in [6, 6.07) is 9.60. The van der Waals surface area contributed by atoms with Crippen molar-refractivity contribution in [3.05, 3.63) is 53.1 Å². The highest BCUT2D eigenvalue weighted by molar-refractivity contribution is 5.95. The van der Waals surface area contributed by atoms with Gasteiger partial charge in [-0.3, -0.25) is 0 Å². The Morgan fingerprint density at radius 1 is 1.06 bits per heavy atom. The number of benzene rings is 2. The molecule has 32 heavy (non-hydrogen) atoms. The lowest BCUT2D eigenvalue weighted by molar-refractivity contribution is -0.277. The smallest absolute Gasteiger partial charge is 0.342 e. The molecule has 4 rings (SSSR count). The zero-order valence-corrected chi connectivity index (χ0v) is 17.1. The van der Waals surface area contributed by atoms with Crippen molar-refractivity contribution in [3.8, 4) is 17.2 Å². The molecule has 2 aromatic rings. The Bertz CT molecular complexity index is 991. The summed E-state index contributed by atoms with van der Waals surface area (Å²) in [6.45, 7) is -0.601. The van der Waals surface area contributed by atoms with Gasteiger partial charge in [0.25, 0.3) is 0 Å². The van der Waals surface area contributed by atoms with Crippen molar-refractivity contribution in [2.75, 3.05) is 13.7 Å². The molecule has 0 aromatic heterocycles. The van der Waals surface area contributed by atoms with Gasteiger partial charge in [-0.05, 0) is 29.3 Å². The first-order valence-corrected chi connectivity index (χ1v) is 10.0. The van der Waals surface area contributed by atoms with Crippen LogP contribution in [-0.4, -0.2) is 75.9 Å². The molecular weight excluding hydrogens is 424 g/mol. The minimum absolute atomic E-state index is 0.0628. The second-order valence-electron chi connectivity index (χ2n) is 7.63. The monoisotopic (exact) mass is 448 g/mol. The van der Waals surface area contributed by atoms with Gasteiger partial charge >= 0.3 is 5.97 Å². The summed E-state index contributed by atoms with van der Waals surface area (Å²) < 4.78 is 21.6. The molecule has 0 amide bonds. The van der Waals surface area contributed by atoms with Gasteiger partial charge in [-0.1, -0.05) is 18.2 Å². The molecule has 0 aliphatic carbocycles. The second kappa shape index (κ2) is 8.93. The maximum Gasteiger partial charge on any atom is 0.342 e. The molecule has 0 radical (unpaired) electrons. The van der Waals surface area contributed by atoms with Crippen LogP contribution in [-0.2, 0) is 15.9 Å². The third-order valence-corrected chi connectivity index (χ3v) is 5.64. The number of hydrogen-bond donors (Lipinski definition) is 5. The van der Waals surface area contributed by atoms with Crippen LogP contribution >= 0.6 is 0 Å². The standard InChI is InChI=1S/C22H24O10/c1-29-13-6-5-10(7-12(13)24)15-8-11-3-2-4-14(17(11)21(28)30-15)31-22-20(27)19(26)18(25)16(9-23)32-22/h2-7,15-16,18-20,22-27H,8-9H2,1H3/t15-,16-,18-,19+,20-,22-/m1/s1.